The number of urea groups is 1. The fraction of sp³-hybridized carbons (Fsp3) is 0.400. The van der Waals surface area contributed by atoms with E-state index in [0.29, 0.717) is 25.6 Å². The largest absolute Gasteiger partial charge is 0.357 e. The van der Waals surface area contributed by atoms with Gasteiger partial charge in [-0.05, 0) is 19.1 Å². The van der Waals surface area contributed by atoms with Gasteiger partial charge in [0.15, 0.2) is 17.4 Å². The first-order valence-electron chi connectivity index (χ1n) is 8.08. The normalized spacial score (nSPS) is 14.9. The Kier molecular flexibility index (Phi) is 5.07. The summed E-state index contributed by atoms with van der Waals surface area (Å²) in [6, 6.07) is 5.33. The summed E-state index contributed by atoms with van der Waals surface area (Å²) in [5.41, 5.74) is 0.768. The third kappa shape index (κ3) is 3.84. The molecule has 1 fully saturated rings. The van der Waals surface area contributed by atoms with Gasteiger partial charge in [0, 0.05) is 25.8 Å². The molecule has 0 unspecified atom stereocenters. The Bertz CT molecular complexity index is 784. The van der Waals surface area contributed by atoms with Crippen LogP contribution in [-0.2, 0) is 11.3 Å². The lowest BCUT2D eigenvalue weighted by molar-refractivity contribution is -0.124. The van der Waals surface area contributed by atoms with Crippen LogP contribution in [-0.4, -0.2) is 63.6 Å². The first-order chi connectivity index (χ1) is 12.2. The standard InChI is InChI=1S/C15H20N8O2/c1-2-16-14(17-6-8-23-13(24)10-19-15(23)25)18-9-12-21-20-11-5-3-4-7-22(11)12/h3-5,7H,2,6,8-10H2,1H3,(H,19,25)(H2,16,17,18). The van der Waals surface area contributed by atoms with Gasteiger partial charge in [0.05, 0.1) is 6.54 Å². The quantitative estimate of drug-likeness (QED) is 0.364. The number of aliphatic imine (C=N–C) groups is 1. The summed E-state index contributed by atoms with van der Waals surface area (Å²) in [6.07, 6.45) is 1.89. The number of hydrogen-bond donors (Lipinski definition) is 3. The van der Waals surface area contributed by atoms with Crippen LogP contribution in [0.15, 0.2) is 29.4 Å². The average molecular weight is 344 g/mol. The molecule has 0 radical (unpaired) electrons. The first-order valence-corrected chi connectivity index (χ1v) is 8.08. The maximum Gasteiger partial charge on any atom is 0.324 e. The van der Waals surface area contributed by atoms with Gasteiger partial charge in [-0.25, -0.2) is 9.79 Å². The number of hydrogen-bond acceptors (Lipinski definition) is 5. The van der Waals surface area contributed by atoms with Crippen molar-refractivity contribution in [3.05, 3.63) is 30.2 Å². The number of imide groups is 1. The molecule has 1 saturated heterocycles. The van der Waals surface area contributed by atoms with E-state index < -0.39 is 0 Å². The zero-order valence-corrected chi connectivity index (χ0v) is 13.9. The number of nitrogens with one attached hydrogen (secondary N) is 3. The zero-order valence-electron chi connectivity index (χ0n) is 13.9. The Morgan fingerprint density at radius 2 is 2.20 bits per heavy atom. The molecule has 1 aliphatic rings. The Morgan fingerprint density at radius 3 is 2.96 bits per heavy atom. The zero-order chi connectivity index (χ0) is 17.6. The van der Waals surface area contributed by atoms with Crippen LogP contribution in [0.5, 0.6) is 0 Å². The van der Waals surface area contributed by atoms with Crippen molar-refractivity contribution in [1.82, 2.24) is 35.4 Å². The second-order valence-electron chi connectivity index (χ2n) is 5.37. The summed E-state index contributed by atoms with van der Waals surface area (Å²) < 4.78 is 1.88. The number of guanidine groups is 1. The molecule has 1 aliphatic heterocycles. The molecule has 2 aromatic rings. The van der Waals surface area contributed by atoms with E-state index in [1.54, 1.807) is 0 Å². The summed E-state index contributed by atoms with van der Waals surface area (Å²) in [7, 11) is 0. The minimum atomic E-state index is -0.358. The summed E-state index contributed by atoms with van der Waals surface area (Å²) in [5.74, 6) is 1.09. The lowest BCUT2D eigenvalue weighted by atomic mass is 10.4. The predicted molar refractivity (Wildman–Crippen MR) is 90.9 cm³/mol. The molecule has 0 aromatic carbocycles. The molecule has 10 nitrogen and oxygen atoms in total. The molecule has 0 saturated carbocycles. The van der Waals surface area contributed by atoms with Crippen LogP contribution >= 0.6 is 0 Å². The maximum absolute atomic E-state index is 11.5. The first kappa shape index (κ1) is 16.7. The number of carbonyl (C=O) groups excluding carboxylic acids is 2. The van der Waals surface area contributed by atoms with Gasteiger partial charge in [-0.15, -0.1) is 10.2 Å². The molecule has 3 heterocycles. The monoisotopic (exact) mass is 344 g/mol. The number of aromatic nitrogens is 3. The number of rotatable bonds is 6. The molecule has 3 N–H and O–H groups in total. The molecule has 0 bridgehead atoms. The van der Waals surface area contributed by atoms with Crippen molar-refractivity contribution in [2.24, 2.45) is 4.99 Å². The van der Waals surface area contributed by atoms with Crippen LogP contribution in [0, 0.1) is 0 Å². The summed E-state index contributed by atoms with van der Waals surface area (Å²) >= 11 is 0. The average Bonchev–Trinajstić information content (AvgIpc) is 3.17. The van der Waals surface area contributed by atoms with Crippen LogP contribution in [0.25, 0.3) is 5.65 Å². The van der Waals surface area contributed by atoms with Crippen LogP contribution in [0.4, 0.5) is 4.79 Å². The fourth-order valence-corrected chi connectivity index (χ4v) is 2.46. The smallest absolute Gasteiger partial charge is 0.324 e. The summed E-state index contributed by atoms with van der Waals surface area (Å²) in [4.78, 5) is 28.7. The van der Waals surface area contributed by atoms with Crippen molar-refractivity contribution in [1.29, 1.82) is 0 Å². The van der Waals surface area contributed by atoms with Crippen molar-refractivity contribution in [2.75, 3.05) is 26.2 Å². The second-order valence-corrected chi connectivity index (χ2v) is 5.37. The van der Waals surface area contributed by atoms with E-state index in [4.69, 9.17) is 0 Å². The van der Waals surface area contributed by atoms with E-state index in [2.05, 4.69) is 31.1 Å². The molecule has 132 valence electrons. The predicted octanol–water partition coefficient (Wildman–Crippen LogP) is -0.664. The van der Waals surface area contributed by atoms with Crippen LogP contribution in [0.3, 0.4) is 0 Å². The van der Waals surface area contributed by atoms with E-state index in [9.17, 15) is 9.59 Å². The SMILES string of the molecule is CCNC(=NCc1nnc2ccccn12)NCCN1C(=O)CNC1=O. The van der Waals surface area contributed by atoms with Crippen molar-refractivity contribution >= 4 is 23.5 Å². The van der Waals surface area contributed by atoms with Gasteiger partial charge in [0.2, 0.25) is 5.91 Å². The number of amides is 3. The van der Waals surface area contributed by atoms with E-state index in [1.807, 2.05) is 35.7 Å². The van der Waals surface area contributed by atoms with Crippen molar-refractivity contribution in [3.63, 3.8) is 0 Å². The minimum absolute atomic E-state index is 0.0624. The van der Waals surface area contributed by atoms with Crippen molar-refractivity contribution < 1.29 is 9.59 Å². The van der Waals surface area contributed by atoms with E-state index in [0.717, 1.165) is 11.5 Å². The molecule has 3 amide bonds. The van der Waals surface area contributed by atoms with Gasteiger partial charge < -0.3 is 16.0 Å². The third-order valence-electron chi connectivity index (χ3n) is 3.67. The van der Waals surface area contributed by atoms with Gasteiger partial charge in [-0.3, -0.25) is 14.1 Å². The lowest BCUT2D eigenvalue weighted by Gasteiger charge is -2.15. The van der Waals surface area contributed by atoms with E-state index >= 15 is 0 Å². The lowest BCUT2D eigenvalue weighted by Crippen LogP contribution is -2.43. The number of pyridine rings is 1. The number of carbonyl (C=O) groups is 2. The Hall–Kier alpha value is -3.17. The summed E-state index contributed by atoms with van der Waals surface area (Å²) in [6.45, 7) is 3.75. The van der Waals surface area contributed by atoms with Gasteiger partial charge in [-0.1, -0.05) is 6.07 Å². The topological polar surface area (TPSA) is 116 Å². The van der Waals surface area contributed by atoms with Crippen molar-refractivity contribution in [3.8, 4) is 0 Å². The molecule has 25 heavy (non-hydrogen) atoms. The maximum atomic E-state index is 11.5. The van der Waals surface area contributed by atoms with Crippen LogP contribution in [0.1, 0.15) is 12.7 Å². The van der Waals surface area contributed by atoms with Gasteiger partial charge in [0.1, 0.15) is 6.54 Å². The molecular weight excluding hydrogens is 324 g/mol. The number of fused-ring (bicyclic) bond motifs is 1. The highest BCUT2D eigenvalue weighted by Crippen LogP contribution is 2.03. The molecule has 2 aromatic heterocycles. The minimum Gasteiger partial charge on any atom is -0.357 e. The highest BCUT2D eigenvalue weighted by atomic mass is 16.2. The molecule has 0 aliphatic carbocycles. The molecular formula is C15H20N8O2. The van der Waals surface area contributed by atoms with Gasteiger partial charge in [-0.2, -0.15) is 0 Å². The van der Waals surface area contributed by atoms with Gasteiger partial charge in [0.25, 0.3) is 0 Å². The van der Waals surface area contributed by atoms with Crippen LogP contribution < -0.4 is 16.0 Å². The Morgan fingerprint density at radius 1 is 1.32 bits per heavy atom. The summed E-state index contributed by atoms with van der Waals surface area (Å²) in [5, 5.41) is 16.9. The van der Waals surface area contributed by atoms with Gasteiger partial charge >= 0.3 is 6.03 Å². The Labute approximate surface area is 144 Å². The Balaban J connectivity index is 1.59. The van der Waals surface area contributed by atoms with Crippen molar-refractivity contribution in [2.45, 2.75) is 13.5 Å². The van der Waals surface area contributed by atoms with E-state index in [1.165, 1.54) is 4.90 Å². The highest BCUT2D eigenvalue weighted by Gasteiger charge is 2.27. The number of nitrogens with zero attached hydrogens (tertiary/aromatic N) is 5. The fourth-order valence-electron chi connectivity index (χ4n) is 2.46. The molecule has 0 atom stereocenters. The van der Waals surface area contributed by atoms with E-state index in [-0.39, 0.29) is 25.0 Å². The molecule has 10 heteroatoms. The third-order valence-corrected chi connectivity index (χ3v) is 3.67. The second kappa shape index (κ2) is 7.60. The highest BCUT2D eigenvalue weighted by molar-refractivity contribution is 6.01. The molecule has 3 rings (SSSR count). The molecule has 0 spiro atoms. The van der Waals surface area contributed by atoms with Crippen LogP contribution in [0.2, 0.25) is 0 Å².